The molecule has 2 N–H and O–H groups in total. The molecule has 1 saturated heterocycles. The normalized spacial score (nSPS) is 18.9. The molecule has 0 saturated carbocycles. The molecule has 33 heavy (non-hydrogen) atoms. The van der Waals surface area contributed by atoms with Gasteiger partial charge in [-0.25, -0.2) is 4.79 Å². The summed E-state index contributed by atoms with van der Waals surface area (Å²) in [6.45, 7) is 0.236. The number of hydrogen-bond donors (Lipinski definition) is 2. The third kappa shape index (κ3) is 3.81. The van der Waals surface area contributed by atoms with Crippen LogP contribution in [0.2, 0.25) is 0 Å². The van der Waals surface area contributed by atoms with E-state index in [2.05, 4.69) is 27.5 Å². The molecule has 3 aromatic rings. The number of carbonyl (C=O) groups is 3. The second kappa shape index (κ2) is 8.07. The number of benzene rings is 1. The van der Waals surface area contributed by atoms with Crippen molar-refractivity contribution in [1.29, 1.82) is 0 Å². The molecule has 0 aliphatic carbocycles. The van der Waals surface area contributed by atoms with Crippen LogP contribution in [0, 0.1) is 11.8 Å². The van der Waals surface area contributed by atoms with E-state index in [1.807, 2.05) is 36.4 Å². The van der Waals surface area contributed by atoms with E-state index in [1.54, 1.807) is 18.3 Å². The molecule has 2 aromatic heterocycles. The van der Waals surface area contributed by atoms with Crippen LogP contribution in [0.15, 0.2) is 54.7 Å². The number of nitrogens with zero attached hydrogens (tertiary/aromatic N) is 2. The van der Waals surface area contributed by atoms with Gasteiger partial charge in [0, 0.05) is 18.3 Å². The number of imide groups is 1. The summed E-state index contributed by atoms with van der Waals surface area (Å²) >= 11 is 1.43. The van der Waals surface area contributed by atoms with Gasteiger partial charge in [0.1, 0.15) is 5.75 Å². The number of thiophene rings is 1. The molecule has 0 unspecified atom stereocenters. The van der Waals surface area contributed by atoms with Crippen molar-refractivity contribution in [2.75, 3.05) is 13.7 Å². The zero-order valence-corrected chi connectivity index (χ0v) is 18.4. The lowest BCUT2D eigenvalue weighted by Crippen LogP contribution is -2.54. The Morgan fingerprint density at radius 3 is 2.79 bits per heavy atom. The van der Waals surface area contributed by atoms with E-state index < -0.39 is 17.5 Å². The van der Waals surface area contributed by atoms with Crippen LogP contribution >= 0.6 is 11.3 Å². The van der Waals surface area contributed by atoms with Gasteiger partial charge in [-0.1, -0.05) is 24.0 Å². The fourth-order valence-corrected chi connectivity index (χ4v) is 4.67. The number of carbonyl (C=O) groups excluding carboxylic acids is 3. The van der Waals surface area contributed by atoms with Gasteiger partial charge in [0.2, 0.25) is 5.54 Å². The number of hydrogen-bond acceptors (Lipinski definition) is 6. The Morgan fingerprint density at radius 1 is 1.18 bits per heavy atom. The molecular formula is C24H18N4O4S. The molecule has 5 rings (SSSR count). The minimum atomic E-state index is -1.55. The van der Waals surface area contributed by atoms with Gasteiger partial charge >= 0.3 is 6.03 Å². The molecule has 1 fully saturated rings. The Hall–Kier alpha value is -4.16. The summed E-state index contributed by atoms with van der Waals surface area (Å²) in [6, 6.07) is 14.0. The average Bonchev–Trinajstić information content (AvgIpc) is 3.50. The molecule has 4 amide bonds. The minimum Gasteiger partial charge on any atom is -0.497 e. The lowest BCUT2D eigenvalue weighted by atomic mass is 9.99. The van der Waals surface area contributed by atoms with E-state index in [0.29, 0.717) is 22.7 Å². The fourth-order valence-electron chi connectivity index (χ4n) is 3.83. The first kappa shape index (κ1) is 20.7. The summed E-state index contributed by atoms with van der Waals surface area (Å²) < 4.78 is 5.21. The van der Waals surface area contributed by atoms with Crippen molar-refractivity contribution < 1.29 is 19.1 Å². The van der Waals surface area contributed by atoms with E-state index in [0.717, 1.165) is 16.1 Å². The monoisotopic (exact) mass is 458 g/mol. The molecular weight excluding hydrogens is 440 g/mol. The van der Waals surface area contributed by atoms with Gasteiger partial charge < -0.3 is 15.0 Å². The lowest BCUT2D eigenvalue weighted by molar-refractivity contribution is -0.122. The van der Waals surface area contributed by atoms with E-state index in [1.165, 1.54) is 23.3 Å². The van der Waals surface area contributed by atoms with Gasteiger partial charge in [0.15, 0.2) is 0 Å². The van der Waals surface area contributed by atoms with Crippen molar-refractivity contribution in [2.24, 2.45) is 0 Å². The second-order valence-electron chi connectivity index (χ2n) is 7.63. The molecule has 4 heterocycles. The van der Waals surface area contributed by atoms with Crippen LogP contribution in [-0.2, 0) is 11.3 Å². The Labute approximate surface area is 193 Å². The molecule has 1 aromatic carbocycles. The van der Waals surface area contributed by atoms with E-state index in [-0.39, 0.29) is 12.5 Å². The van der Waals surface area contributed by atoms with Gasteiger partial charge in [-0.3, -0.25) is 19.9 Å². The van der Waals surface area contributed by atoms with Gasteiger partial charge in [-0.05, 0) is 42.0 Å². The van der Waals surface area contributed by atoms with Gasteiger partial charge in [0.25, 0.3) is 11.8 Å². The lowest BCUT2D eigenvalue weighted by Gasteiger charge is -2.26. The van der Waals surface area contributed by atoms with Crippen molar-refractivity contribution in [3.05, 3.63) is 70.7 Å². The second-order valence-corrected chi connectivity index (χ2v) is 8.71. The highest BCUT2D eigenvalue weighted by molar-refractivity contribution is 7.16. The fraction of sp³-hybridized carbons (Fsp3) is 0.167. The standard InChI is InChI=1S/C24H18N4O4S/c1-32-16-6-5-15-13-28(21(29)18(15)12-16)14-24(22(30)26-23(31)27-24)10-9-17-7-8-20(33-17)19-4-2-3-11-25-19/h2-8,11-12H,13-14H2,1H3,(H2,26,27,30,31)/t24-/m1/s1. The van der Waals surface area contributed by atoms with Crippen molar-refractivity contribution in [2.45, 2.75) is 12.1 Å². The number of amides is 4. The summed E-state index contributed by atoms with van der Waals surface area (Å²) in [5, 5.41) is 4.87. The number of rotatable bonds is 4. The first-order chi connectivity index (χ1) is 16.0. The number of aromatic nitrogens is 1. The van der Waals surface area contributed by atoms with Crippen LogP contribution in [0.3, 0.4) is 0 Å². The summed E-state index contributed by atoms with van der Waals surface area (Å²) in [5.41, 5.74) is 0.619. The van der Waals surface area contributed by atoms with E-state index >= 15 is 0 Å². The maximum atomic E-state index is 13.0. The third-order valence-electron chi connectivity index (χ3n) is 5.49. The Morgan fingerprint density at radius 2 is 2.06 bits per heavy atom. The van der Waals surface area contributed by atoms with Crippen LogP contribution in [0.4, 0.5) is 4.79 Å². The number of urea groups is 1. The van der Waals surface area contributed by atoms with Crippen molar-refractivity contribution >= 4 is 29.2 Å². The van der Waals surface area contributed by atoms with Gasteiger partial charge in [-0.2, -0.15) is 0 Å². The summed E-state index contributed by atoms with van der Waals surface area (Å²) in [4.78, 5) is 45.2. The highest BCUT2D eigenvalue weighted by Crippen LogP contribution is 2.29. The number of ether oxygens (including phenoxy) is 1. The third-order valence-corrected chi connectivity index (χ3v) is 6.51. The van der Waals surface area contributed by atoms with Crippen LogP contribution in [-0.4, -0.2) is 46.9 Å². The highest BCUT2D eigenvalue weighted by atomic mass is 32.1. The largest absolute Gasteiger partial charge is 0.497 e. The van der Waals surface area contributed by atoms with E-state index in [9.17, 15) is 14.4 Å². The van der Waals surface area contributed by atoms with Crippen molar-refractivity contribution in [3.63, 3.8) is 0 Å². The molecule has 2 aliphatic rings. The van der Waals surface area contributed by atoms with Crippen LogP contribution in [0.1, 0.15) is 20.8 Å². The summed E-state index contributed by atoms with van der Waals surface area (Å²) in [5.74, 6) is 5.69. The van der Waals surface area contributed by atoms with E-state index in [4.69, 9.17) is 4.74 Å². The number of methoxy groups -OCH3 is 1. The quantitative estimate of drug-likeness (QED) is 0.462. The number of pyridine rings is 1. The SMILES string of the molecule is COc1ccc2c(c1)C(=O)N(C[C@@]1(C#Cc3ccc(-c4ccccn4)s3)NC(=O)NC1=O)C2. The van der Waals surface area contributed by atoms with Crippen LogP contribution in [0.25, 0.3) is 10.6 Å². The zero-order chi connectivity index (χ0) is 23.0. The molecule has 0 radical (unpaired) electrons. The minimum absolute atomic E-state index is 0.0775. The number of fused-ring (bicyclic) bond motifs is 1. The zero-order valence-electron chi connectivity index (χ0n) is 17.5. The molecule has 0 spiro atoms. The Balaban J connectivity index is 1.43. The molecule has 0 bridgehead atoms. The van der Waals surface area contributed by atoms with Crippen molar-refractivity contribution in [1.82, 2.24) is 20.5 Å². The first-order valence-corrected chi connectivity index (χ1v) is 10.9. The smallest absolute Gasteiger partial charge is 0.323 e. The highest BCUT2D eigenvalue weighted by Gasteiger charge is 2.48. The maximum Gasteiger partial charge on any atom is 0.323 e. The van der Waals surface area contributed by atoms with Gasteiger partial charge in [0.05, 0.1) is 29.1 Å². The summed E-state index contributed by atoms with van der Waals surface area (Å²) in [6.07, 6.45) is 1.72. The van der Waals surface area contributed by atoms with Crippen LogP contribution < -0.4 is 15.4 Å². The molecule has 164 valence electrons. The molecule has 2 aliphatic heterocycles. The molecule has 1 atom stereocenters. The first-order valence-electron chi connectivity index (χ1n) is 10.1. The Bertz CT molecular complexity index is 1340. The average molecular weight is 458 g/mol. The Kier molecular flexibility index (Phi) is 5.07. The molecule has 8 nitrogen and oxygen atoms in total. The summed E-state index contributed by atoms with van der Waals surface area (Å²) in [7, 11) is 1.53. The topological polar surface area (TPSA) is 101 Å². The predicted octanol–water partition coefficient (Wildman–Crippen LogP) is 2.40. The van der Waals surface area contributed by atoms with Gasteiger partial charge in [-0.15, -0.1) is 11.3 Å². The van der Waals surface area contributed by atoms with Crippen LogP contribution in [0.5, 0.6) is 5.75 Å². The number of nitrogens with one attached hydrogen (secondary N) is 2. The maximum absolute atomic E-state index is 13.0. The van der Waals surface area contributed by atoms with Crippen molar-refractivity contribution in [3.8, 4) is 28.2 Å². The molecule has 9 heteroatoms. The predicted molar refractivity (Wildman–Crippen MR) is 122 cm³/mol.